The largest absolute Gasteiger partial charge is 0.392 e. The van der Waals surface area contributed by atoms with Gasteiger partial charge < -0.3 is 10.0 Å². The highest BCUT2D eigenvalue weighted by atomic mass is 16.3. The highest BCUT2D eigenvalue weighted by Crippen LogP contribution is 2.32. The molecule has 3 rings (SSSR count). The van der Waals surface area contributed by atoms with Crippen molar-refractivity contribution in [2.75, 3.05) is 13.1 Å². The topological polar surface area (TPSA) is 58.4 Å². The summed E-state index contributed by atoms with van der Waals surface area (Å²) in [6.45, 7) is 5.87. The van der Waals surface area contributed by atoms with E-state index in [2.05, 4.69) is 18.9 Å². The third kappa shape index (κ3) is 4.15. The van der Waals surface area contributed by atoms with Crippen LogP contribution in [0, 0.1) is 5.92 Å². The van der Waals surface area contributed by atoms with E-state index < -0.39 is 0 Å². The molecule has 0 unspecified atom stereocenters. The molecule has 26 heavy (non-hydrogen) atoms. The lowest BCUT2D eigenvalue weighted by molar-refractivity contribution is -0.132. The van der Waals surface area contributed by atoms with Crippen molar-refractivity contribution in [1.29, 1.82) is 0 Å². The monoisotopic (exact) mass is 355 g/mol. The van der Waals surface area contributed by atoms with Crippen molar-refractivity contribution in [2.24, 2.45) is 5.92 Å². The minimum atomic E-state index is -0.00427. The summed E-state index contributed by atoms with van der Waals surface area (Å²) >= 11 is 0. The molecule has 5 nitrogen and oxygen atoms in total. The molecule has 1 N–H and O–H groups in total. The number of aromatic nitrogens is 2. The van der Waals surface area contributed by atoms with Crippen LogP contribution in [0.3, 0.4) is 0 Å². The lowest BCUT2D eigenvalue weighted by atomic mass is 9.90. The number of aliphatic hydroxyl groups excluding tert-OH is 1. The molecular weight excluding hydrogens is 326 g/mol. The molecule has 140 valence electrons. The number of carbonyl (C=O) groups excluding carboxylic acids is 1. The fraction of sp³-hybridized carbons (Fsp3) is 0.524. The summed E-state index contributed by atoms with van der Waals surface area (Å²) in [7, 11) is 0. The zero-order chi connectivity index (χ0) is 18.5. The molecule has 1 aliphatic heterocycles. The van der Waals surface area contributed by atoms with Gasteiger partial charge >= 0.3 is 0 Å². The Morgan fingerprint density at radius 3 is 2.54 bits per heavy atom. The van der Waals surface area contributed by atoms with Crippen molar-refractivity contribution in [3.8, 4) is 5.69 Å². The SMILES string of the molecule is CC(C)CCC(=O)N1CCC(c2c(CO)cnn2-c2ccccc2)CC1. The maximum atomic E-state index is 12.4. The average Bonchev–Trinajstić information content (AvgIpc) is 3.11. The molecule has 1 saturated heterocycles. The van der Waals surface area contributed by atoms with E-state index in [1.54, 1.807) is 6.20 Å². The van der Waals surface area contributed by atoms with Gasteiger partial charge in [-0.3, -0.25) is 4.79 Å². The van der Waals surface area contributed by atoms with Crippen LogP contribution in [0.1, 0.15) is 56.7 Å². The number of benzene rings is 1. The maximum Gasteiger partial charge on any atom is 0.222 e. The van der Waals surface area contributed by atoms with Gasteiger partial charge in [0.05, 0.1) is 24.2 Å². The van der Waals surface area contributed by atoms with Crippen molar-refractivity contribution in [1.82, 2.24) is 14.7 Å². The Morgan fingerprint density at radius 1 is 1.23 bits per heavy atom. The summed E-state index contributed by atoms with van der Waals surface area (Å²) in [6.07, 6.45) is 5.20. The van der Waals surface area contributed by atoms with Gasteiger partial charge in [-0.2, -0.15) is 5.10 Å². The highest BCUT2D eigenvalue weighted by molar-refractivity contribution is 5.76. The van der Waals surface area contributed by atoms with Crippen molar-refractivity contribution in [3.05, 3.63) is 47.8 Å². The lowest BCUT2D eigenvalue weighted by Gasteiger charge is -2.33. The molecule has 0 atom stereocenters. The summed E-state index contributed by atoms with van der Waals surface area (Å²) in [5.74, 6) is 1.15. The quantitative estimate of drug-likeness (QED) is 0.863. The number of nitrogens with zero attached hydrogens (tertiary/aromatic N) is 3. The number of amides is 1. The second kappa shape index (κ2) is 8.49. The van der Waals surface area contributed by atoms with Crippen LogP contribution in [0.25, 0.3) is 5.69 Å². The van der Waals surface area contributed by atoms with E-state index in [4.69, 9.17) is 0 Å². The van der Waals surface area contributed by atoms with Gasteiger partial charge in [0.25, 0.3) is 0 Å². The molecule has 0 aliphatic carbocycles. The van der Waals surface area contributed by atoms with E-state index in [0.29, 0.717) is 18.3 Å². The molecule has 0 radical (unpaired) electrons. The summed E-state index contributed by atoms with van der Waals surface area (Å²) < 4.78 is 1.95. The average molecular weight is 355 g/mol. The van der Waals surface area contributed by atoms with Crippen LogP contribution in [0.5, 0.6) is 0 Å². The molecular formula is C21H29N3O2. The third-order valence-electron chi connectivity index (χ3n) is 5.23. The van der Waals surface area contributed by atoms with Gasteiger partial charge in [0, 0.05) is 31.0 Å². The summed E-state index contributed by atoms with van der Waals surface area (Å²) in [6, 6.07) is 10.0. The van der Waals surface area contributed by atoms with Gasteiger partial charge in [-0.15, -0.1) is 0 Å². The second-order valence-corrected chi connectivity index (χ2v) is 7.55. The highest BCUT2D eigenvalue weighted by Gasteiger charge is 2.28. The van der Waals surface area contributed by atoms with Crippen LogP contribution in [0.4, 0.5) is 0 Å². The van der Waals surface area contributed by atoms with E-state index in [0.717, 1.165) is 49.3 Å². The first-order chi connectivity index (χ1) is 12.6. The Balaban J connectivity index is 1.71. The molecule has 1 aliphatic rings. The lowest BCUT2D eigenvalue weighted by Crippen LogP contribution is -2.38. The van der Waals surface area contributed by atoms with Crippen LogP contribution in [-0.2, 0) is 11.4 Å². The zero-order valence-corrected chi connectivity index (χ0v) is 15.8. The van der Waals surface area contributed by atoms with Crippen molar-refractivity contribution < 1.29 is 9.90 Å². The van der Waals surface area contributed by atoms with Gasteiger partial charge in [-0.25, -0.2) is 4.68 Å². The second-order valence-electron chi connectivity index (χ2n) is 7.55. The van der Waals surface area contributed by atoms with Crippen LogP contribution in [-0.4, -0.2) is 38.8 Å². The first kappa shape index (κ1) is 18.6. The molecule has 2 heterocycles. The van der Waals surface area contributed by atoms with E-state index in [-0.39, 0.29) is 12.5 Å². The molecule has 0 spiro atoms. The predicted octanol–water partition coefficient (Wildman–Crippen LogP) is 3.51. The summed E-state index contributed by atoms with van der Waals surface area (Å²) in [5.41, 5.74) is 2.99. The van der Waals surface area contributed by atoms with Gasteiger partial charge in [0.15, 0.2) is 0 Å². The predicted molar refractivity (Wildman–Crippen MR) is 102 cm³/mol. The Morgan fingerprint density at radius 2 is 1.92 bits per heavy atom. The fourth-order valence-corrected chi connectivity index (χ4v) is 3.70. The van der Waals surface area contributed by atoms with E-state index in [1.165, 1.54) is 0 Å². The van der Waals surface area contributed by atoms with Gasteiger partial charge in [-0.05, 0) is 37.3 Å². The molecule has 1 fully saturated rings. The maximum absolute atomic E-state index is 12.4. The molecule has 1 aromatic heterocycles. The van der Waals surface area contributed by atoms with E-state index in [9.17, 15) is 9.90 Å². The van der Waals surface area contributed by atoms with Crippen LogP contribution >= 0.6 is 0 Å². The van der Waals surface area contributed by atoms with Crippen LogP contribution < -0.4 is 0 Å². The number of rotatable bonds is 6. The normalized spacial score (nSPS) is 15.6. The van der Waals surface area contributed by atoms with Crippen molar-refractivity contribution >= 4 is 5.91 Å². The van der Waals surface area contributed by atoms with Crippen LogP contribution in [0.2, 0.25) is 0 Å². The minimum Gasteiger partial charge on any atom is -0.392 e. The molecule has 1 aromatic carbocycles. The molecule has 0 bridgehead atoms. The van der Waals surface area contributed by atoms with E-state index >= 15 is 0 Å². The smallest absolute Gasteiger partial charge is 0.222 e. The van der Waals surface area contributed by atoms with Crippen LogP contribution in [0.15, 0.2) is 36.5 Å². The van der Waals surface area contributed by atoms with Crippen molar-refractivity contribution in [2.45, 2.75) is 52.1 Å². The summed E-state index contributed by atoms with van der Waals surface area (Å²) in [4.78, 5) is 14.4. The number of hydrogen-bond donors (Lipinski definition) is 1. The van der Waals surface area contributed by atoms with Crippen molar-refractivity contribution in [3.63, 3.8) is 0 Å². The van der Waals surface area contributed by atoms with Gasteiger partial charge in [0.2, 0.25) is 5.91 Å². The minimum absolute atomic E-state index is 0.00427. The van der Waals surface area contributed by atoms with Gasteiger partial charge in [-0.1, -0.05) is 32.0 Å². The number of para-hydroxylation sites is 1. The number of likely N-dealkylation sites (tertiary alicyclic amines) is 1. The zero-order valence-electron chi connectivity index (χ0n) is 15.8. The number of piperidine rings is 1. The number of carbonyl (C=O) groups is 1. The Hall–Kier alpha value is -2.14. The first-order valence-corrected chi connectivity index (χ1v) is 9.61. The Bertz CT molecular complexity index is 716. The molecule has 1 amide bonds. The summed E-state index contributed by atoms with van der Waals surface area (Å²) in [5, 5.41) is 14.3. The number of hydrogen-bond acceptors (Lipinski definition) is 3. The number of aliphatic hydroxyl groups is 1. The molecule has 0 saturated carbocycles. The Kier molecular flexibility index (Phi) is 6.09. The molecule has 5 heteroatoms. The Labute approximate surface area is 155 Å². The van der Waals surface area contributed by atoms with Gasteiger partial charge in [0.1, 0.15) is 0 Å². The standard InChI is InChI=1S/C21H29N3O2/c1-16(2)8-9-20(26)23-12-10-17(11-13-23)21-18(15-25)14-22-24(21)19-6-4-3-5-7-19/h3-7,14,16-17,25H,8-13,15H2,1-2H3. The molecule has 2 aromatic rings. The third-order valence-corrected chi connectivity index (χ3v) is 5.23. The first-order valence-electron chi connectivity index (χ1n) is 9.61. The fourth-order valence-electron chi connectivity index (χ4n) is 3.70. The van der Waals surface area contributed by atoms with E-state index in [1.807, 2.05) is 39.9 Å².